The van der Waals surface area contributed by atoms with Crippen molar-refractivity contribution in [1.82, 2.24) is 4.57 Å². The van der Waals surface area contributed by atoms with Crippen LogP contribution >= 0.6 is 11.6 Å². The van der Waals surface area contributed by atoms with Crippen LogP contribution in [0.1, 0.15) is 18.9 Å². The summed E-state index contributed by atoms with van der Waals surface area (Å²) in [4.78, 5) is 12.4. The van der Waals surface area contributed by atoms with Crippen molar-refractivity contribution in [3.8, 4) is 28.4 Å². The molecule has 0 unspecified atom stereocenters. The number of pyridine rings is 1. The number of nitrogens with zero attached hydrogens (tertiary/aromatic N) is 1. The van der Waals surface area contributed by atoms with E-state index < -0.39 is 9.84 Å². The van der Waals surface area contributed by atoms with E-state index in [-0.39, 0.29) is 16.2 Å². The monoisotopic (exact) mass is 471 g/mol. The van der Waals surface area contributed by atoms with E-state index in [0.717, 1.165) is 5.56 Å². The van der Waals surface area contributed by atoms with Gasteiger partial charge >= 0.3 is 0 Å². The Hall–Kier alpha value is -3.03. The van der Waals surface area contributed by atoms with Crippen LogP contribution in [0.15, 0.2) is 64.4 Å². The number of hydrogen-bond donors (Lipinski definition) is 0. The average Bonchev–Trinajstić information content (AvgIpc) is 2.76. The number of benzene rings is 2. The third kappa shape index (κ3) is 4.45. The van der Waals surface area contributed by atoms with E-state index in [9.17, 15) is 13.2 Å². The van der Waals surface area contributed by atoms with Gasteiger partial charge in [0.25, 0.3) is 5.56 Å². The molecule has 0 N–H and O–H groups in total. The summed E-state index contributed by atoms with van der Waals surface area (Å²) >= 11 is 6.21. The number of sulfone groups is 1. The van der Waals surface area contributed by atoms with Gasteiger partial charge in [0.2, 0.25) is 0 Å². The van der Waals surface area contributed by atoms with Gasteiger partial charge in [-0.1, -0.05) is 30.7 Å². The molecule has 0 spiro atoms. The van der Waals surface area contributed by atoms with Gasteiger partial charge in [-0.15, -0.1) is 0 Å². The van der Waals surface area contributed by atoms with E-state index in [2.05, 4.69) is 0 Å². The second-order valence-electron chi connectivity index (χ2n) is 7.39. The Bertz CT molecular complexity index is 1380. The van der Waals surface area contributed by atoms with Crippen molar-refractivity contribution < 1.29 is 17.9 Å². The van der Waals surface area contributed by atoms with Gasteiger partial charge in [0.15, 0.2) is 9.84 Å². The van der Waals surface area contributed by atoms with E-state index in [1.165, 1.54) is 16.7 Å². The van der Waals surface area contributed by atoms with Crippen LogP contribution in [0.3, 0.4) is 0 Å². The zero-order valence-corrected chi connectivity index (χ0v) is 19.2. The lowest BCUT2D eigenvalue weighted by atomic mass is 10.0. The van der Waals surface area contributed by atoms with Crippen LogP contribution < -0.4 is 15.0 Å². The lowest BCUT2D eigenvalue weighted by Gasteiger charge is -2.18. The smallest absolute Gasteiger partial charge is 0.254 e. The summed E-state index contributed by atoms with van der Waals surface area (Å²) < 4.78 is 38.8. The van der Waals surface area contributed by atoms with Crippen molar-refractivity contribution in [3.63, 3.8) is 0 Å². The highest BCUT2D eigenvalue weighted by Gasteiger charge is 2.20. The summed E-state index contributed by atoms with van der Waals surface area (Å²) in [7, 11) is -1.84. The summed E-state index contributed by atoms with van der Waals surface area (Å²) in [6.07, 6.45) is 6.10. The van der Waals surface area contributed by atoms with Crippen LogP contribution in [0.5, 0.6) is 17.2 Å². The molecule has 166 valence electrons. The van der Waals surface area contributed by atoms with Gasteiger partial charge in [-0.2, -0.15) is 0 Å². The molecule has 0 fully saturated rings. The molecule has 1 aliphatic rings. The van der Waals surface area contributed by atoms with Crippen LogP contribution in [0.4, 0.5) is 0 Å². The first-order valence-corrected chi connectivity index (χ1v) is 12.2. The topological polar surface area (TPSA) is 74.6 Å². The number of rotatable bonds is 2. The van der Waals surface area contributed by atoms with E-state index in [1.54, 1.807) is 44.4 Å². The Balaban J connectivity index is 2.01. The molecule has 0 radical (unpaired) electrons. The molecule has 4 rings (SSSR count). The molecule has 6 nitrogen and oxygen atoms in total. The van der Waals surface area contributed by atoms with Crippen molar-refractivity contribution in [2.45, 2.75) is 18.2 Å². The normalized spacial score (nSPS) is 14.5. The minimum atomic E-state index is -3.47. The summed E-state index contributed by atoms with van der Waals surface area (Å²) in [6.45, 7) is 1.94. The summed E-state index contributed by atoms with van der Waals surface area (Å²) in [5.74, 6) is 1.28. The minimum Gasteiger partial charge on any atom is -0.492 e. The fourth-order valence-electron chi connectivity index (χ4n) is 3.40. The second kappa shape index (κ2) is 8.84. The minimum absolute atomic E-state index is 0.0352. The van der Waals surface area contributed by atoms with Crippen LogP contribution in [0, 0.1) is 0 Å². The third-order valence-electron chi connectivity index (χ3n) is 5.21. The number of aryl methyl sites for hydroxylation is 1. The Kier molecular flexibility index (Phi) is 6.13. The summed E-state index contributed by atoms with van der Waals surface area (Å²) in [6, 6.07) is 11.4. The highest BCUT2D eigenvalue weighted by atomic mass is 35.5. The molecule has 2 heterocycles. The molecular weight excluding hydrogens is 450 g/mol. The first-order chi connectivity index (χ1) is 15.3. The molecule has 0 atom stereocenters. The molecule has 0 amide bonds. The van der Waals surface area contributed by atoms with Gasteiger partial charge in [0.1, 0.15) is 17.2 Å². The van der Waals surface area contributed by atoms with Gasteiger partial charge in [-0.05, 0) is 36.8 Å². The summed E-state index contributed by atoms with van der Waals surface area (Å²) in [5.41, 5.74) is 1.65. The molecule has 2 aromatic carbocycles. The third-order valence-corrected chi connectivity index (χ3v) is 7.17. The molecule has 0 bridgehead atoms. The van der Waals surface area contributed by atoms with Gasteiger partial charge in [0, 0.05) is 47.1 Å². The zero-order chi connectivity index (χ0) is 22.9. The molecular formula is C24H22ClNO5S. The Morgan fingerprint density at radius 3 is 2.62 bits per heavy atom. The number of hydrogen-bond acceptors (Lipinski definition) is 5. The van der Waals surface area contributed by atoms with E-state index >= 15 is 0 Å². The highest BCUT2D eigenvalue weighted by Crippen LogP contribution is 2.41. The van der Waals surface area contributed by atoms with E-state index in [0.29, 0.717) is 46.4 Å². The van der Waals surface area contributed by atoms with Gasteiger partial charge in [-0.3, -0.25) is 4.79 Å². The standard InChI is InChI=1S/C24H22ClNO5S/c1-3-32(28,29)18-9-10-21-19(13-18)20-15-26(2)24(27)14-23(20)30-11-5-4-6-16-7-8-17(25)12-22(16)31-21/h4,6-10,12-15H,3,5,11H2,1-2H3/b6-4+. The van der Waals surface area contributed by atoms with Crippen LogP contribution in [-0.4, -0.2) is 25.3 Å². The lowest BCUT2D eigenvalue weighted by molar-refractivity contribution is 0.325. The maximum atomic E-state index is 12.6. The van der Waals surface area contributed by atoms with Crippen LogP contribution in [-0.2, 0) is 16.9 Å². The maximum Gasteiger partial charge on any atom is 0.254 e. The largest absolute Gasteiger partial charge is 0.492 e. The molecule has 3 aromatic rings. The number of ether oxygens (including phenoxy) is 2. The fourth-order valence-corrected chi connectivity index (χ4v) is 4.47. The maximum absolute atomic E-state index is 12.6. The van der Waals surface area contributed by atoms with Gasteiger partial charge in [-0.25, -0.2) is 8.42 Å². The first kappa shape index (κ1) is 22.2. The van der Waals surface area contributed by atoms with Crippen molar-refractivity contribution in [3.05, 3.63) is 75.7 Å². The van der Waals surface area contributed by atoms with Crippen molar-refractivity contribution >= 4 is 27.5 Å². The van der Waals surface area contributed by atoms with Crippen molar-refractivity contribution in [1.29, 1.82) is 0 Å². The Labute approximate surface area is 191 Å². The van der Waals surface area contributed by atoms with Crippen molar-refractivity contribution in [2.75, 3.05) is 12.4 Å². The average molecular weight is 472 g/mol. The Morgan fingerprint density at radius 1 is 1.03 bits per heavy atom. The number of halogens is 1. The summed E-state index contributed by atoms with van der Waals surface area (Å²) in [5, 5.41) is 0.516. The fraction of sp³-hybridized carbons (Fsp3) is 0.208. The molecule has 8 heteroatoms. The van der Waals surface area contributed by atoms with Crippen LogP contribution in [0.25, 0.3) is 17.2 Å². The van der Waals surface area contributed by atoms with E-state index in [1.807, 2.05) is 18.2 Å². The number of aromatic nitrogens is 1. The predicted octanol–water partition coefficient (Wildman–Crippen LogP) is 5.09. The molecule has 1 aliphatic heterocycles. The molecule has 0 saturated carbocycles. The Morgan fingerprint density at radius 2 is 1.84 bits per heavy atom. The van der Waals surface area contributed by atoms with Crippen LogP contribution in [0.2, 0.25) is 5.02 Å². The lowest BCUT2D eigenvalue weighted by Crippen LogP contribution is -2.16. The molecule has 0 aliphatic carbocycles. The quantitative estimate of drug-likeness (QED) is 0.520. The van der Waals surface area contributed by atoms with Gasteiger partial charge in [0.05, 0.1) is 17.3 Å². The molecule has 1 aromatic heterocycles. The number of fused-ring (bicyclic) bond motifs is 4. The van der Waals surface area contributed by atoms with E-state index in [4.69, 9.17) is 21.1 Å². The van der Waals surface area contributed by atoms with Gasteiger partial charge < -0.3 is 14.0 Å². The second-order valence-corrected chi connectivity index (χ2v) is 10.1. The van der Waals surface area contributed by atoms with Crippen molar-refractivity contribution in [2.24, 2.45) is 7.05 Å². The SMILES string of the molecule is CCS(=O)(=O)c1ccc2c(c1)-c1cn(C)c(=O)cc1OCC/C=C/c1ccc(Cl)cc1O2. The molecule has 0 saturated heterocycles. The zero-order valence-electron chi connectivity index (χ0n) is 17.7. The first-order valence-electron chi connectivity index (χ1n) is 10.1. The highest BCUT2D eigenvalue weighted by molar-refractivity contribution is 7.91. The molecule has 32 heavy (non-hydrogen) atoms. The predicted molar refractivity (Wildman–Crippen MR) is 126 cm³/mol.